The molecule has 1 heterocycles. The van der Waals surface area contributed by atoms with Crippen molar-refractivity contribution in [3.63, 3.8) is 0 Å². The molecule has 14 heavy (non-hydrogen) atoms. The van der Waals surface area contributed by atoms with Crippen LogP contribution in [0.4, 0.5) is 4.79 Å². The molecule has 6 heteroatoms. The first-order valence-electron chi connectivity index (χ1n) is 3.90. The highest BCUT2D eigenvalue weighted by molar-refractivity contribution is 7.10. The van der Waals surface area contributed by atoms with E-state index in [1.54, 1.807) is 11.4 Å². The van der Waals surface area contributed by atoms with E-state index >= 15 is 0 Å². The first-order valence-corrected chi connectivity index (χ1v) is 4.78. The van der Waals surface area contributed by atoms with Gasteiger partial charge in [0.2, 0.25) is 0 Å². The molecule has 0 spiro atoms. The van der Waals surface area contributed by atoms with Gasteiger partial charge in [-0.2, -0.15) is 0 Å². The summed E-state index contributed by atoms with van der Waals surface area (Å²) in [6, 6.07) is 1.12. The maximum absolute atomic E-state index is 10.4. The third-order valence-electron chi connectivity index (χ3n) is 1.60. The number of carboxylic acids is 1. The van der Waals surface area contributed by atoms with Crippen LogP contribution in [0.2, 0.25) is 0 Å². The number of nitrogens with one attached hydrogen (secondary N) is 1. The van der Waals surface area contributed by atoms with Gasteiger partial charge >= 0.3 is 12.0 Å². The van der Waals surface area contributed by atoms with Crippen LogP contribution in [-0.2, 0) is 17.8 Å². The fourth-order valence-electron chi connectivity index (χ4n) is 1.01. The van der Waals surface area contributed by atoms with Gasteiger partial charge in [-0.1, -0.05) is 0 Å². The van der Waals surface area contributed by atoms with Crippen molar-refractivity contribution in [1.29, 1.82) is 0 Å². The average Bonchev–Trinajstić information content (AvgIpc) is 2.47. The number of amides is 2. The molecular weight excluding hydrogens is 204 g/mol. The molecule has 0 saturated heterocycles. The minimum atomic E-state index is -0.885. The Bertz CT molecular complexity index is 348. The first kappa shape index (κ1) is 10.5. The van der Waals surface area contributed by atoms with Crippen LogP contribution >= 0.6 is 11.3 Å². The number of carboxylic acid groups (broad SMARTS) is 1. The zero-order chi connectivity index (χ0) is 10.6. The molecule has 1 aromatic rings. The Hall–Kier alpha value is -1.56. The number of hydrogen-bond acceptors (Lipinski definition) is 3. The number of nitrogens with two attached hydrogens (primary N) is 1. The fourth-order valence-corrected chi connectivity index (χ4v) is 1.85. The van der Waals surface area contributed by atoms with Gasteiger partial charge in [-0.3, -0.25) is 4.79 Å². The van der Waals surface area contributed by atoms with Crippen molar-refractivity contribution in [1.82, 2.24) is 5.32 Å². The molecule has 0 radical (unpaired) electrons. The zero-order valence-electron chi connectivity index (χ0n) is 7.32. The van der Waals surface area contributed by atoms with E-state index in [0.717, 1.165) is 10.4 Å². The Kier molecular flexibility index (Phi) is 3.47. The summed E-state index contributed by atoms with van der Waals surface area (Å²) in [4.78, 5) is 21.7. The number of carbonyl (C=O) groups excluding carboxylic acids is 1. The molecule has 1 rings (SSSR count). The Balaban J connectivity index is 2.62. The largest absolute Gasteiger partial charge is 0.481 e. The minimum Gasteiger partial charge on any atom is -0.481 e. The van der Waals surface area contributed by atoms with Crippen molar-refractivity contribution >= 4 is 23.3 Å². The summed E-state index contributed by atoms with van der Waals surface area (Å²) in [5.41, 5.74) is 5.62. The third-order valence-corrected chi connectivity index (χ3v) is 2.57. The van der Waals surface area contributed by atoms with E-state index in [1.165, 1.54) is 11.3 Å². The number of primary amides is 1. The topological polar surface area (TPSA) is 92.4 Å². The lowest BCUT2D eigenvalue weighted by atomic mass is 10.2. The van der Waals surface area contributed by atoms with Crippen LogP contribution < -0.4 is 11.1 Å². The maximum Gasteiger partial charge on any atom is 0.312 e. The summed E-state index contributed by atoms with van der Waals surface area (Å²) in [6.07, 6.45) is -0.0285. The van der Waals surface area contributed by atoms with Gasteiger partial charge in [-0.25, -0.2) is 4.79 Å². The molecule has 0 fully saturated rings. The number of thiophene rings is 1. The number of hydrogen-bond donors (Lipinski definition) is 3. The first-order chi connectivity index (χ1) is 6.59. The summed E-state index contributed by atoms with van der Waals surface area (Å²) >= 11 is 1.40. The summed E-state index contributed by atoms with van der Waals surface area (Å²) in [5.74, 6) is -0.885. The van der Waals surface area contributed by atoms with Gasteiger partial charge in [-0.15, -0.1) is 11.3 Å². The number of aliphatic carboxylic acids is 1. The molecule has 76 valence electrons. The predicted octanol–water partition coefficient (Wildman–Crippen LogP) is 0.543. The van der Waals surface area contributed by atoms with Crippen molar-refractivity contribution in [2.75, 3.05) is 0 Å². The van der Waals surface area contributed by atoms with Gasteiger partial charge in [0.05, 0.1) is 13.0 Å². The average molecular weight is 214 g/mol. The molecule has 0 aliphatic heterocycles. The van der Waals surface area contributed by atoms with Gasteiger partial charge in [0, 0.05) is 4.88 Å². The van der Waals surface area contributed by atoms with Crippen molar-refractivity contribution in [3.05, 3.63) is 21.9 Å². The standard InChI is InChI=1S/C8H10N2O3S/c9-8(13)10-4-6-5(1-2-14-6)3-7(11)12/h1-2H,3-4H2,(H,11,12)(H3,9,10,13). The van der Waals surface area contributed by atoms with Crippen LogP contribution in [0.1, 0.15) is 10.4 Å². The van der Waals surface area contributed by atoms with Gasteiger partial charge in [0.15, 0.2) is 0 Å². The van der Waals surface area contributed by atoms with Crippen molar-refractivity contribution < 1.29 is 14.7 Å². The molecule has 0 bridgehead atoms. The SMILES string of the molecule is NC(=O)NCc1sccc1CC(=O)O. The van der Waals surface area contributed by atoms with E-state index in [4.69, 9.17) is 10.8 Å². The molecule has 0 atom stereocenters. The molecule has 1 aromatic heterocycles. The van der Waals surface area contributed by atoms with E-state index < -0.39 is 12.0 Å². The molecule has 0 aromatic carbocycles. The molecule has 2 amide bonds. The Morgan fingerprint density at radius 1 is 1.57 bits per heavy atom. The van der Waals surface area contributed by atoms with Crippen molar-refractivity contribution in [2.24, 2.45) is 5.73 Å². The number of urea groups is 1. The molecule has 0 unspecified atom stereocenters. The normalized spacial score (nSPS) is 9.71. The lowest BCUT2D eigenvalue weighted by molar-refractivity contribution is -0.136. The monoisotopic (exact) mass is 214 g/mol. The van der Waals surface area contributed by atoms with Crippen LogP contribution in [0.3, 0.4) is 0 Å². The Morgan fingerprint density at radius 2 is 2.29 bits per heavy atom. The zero-order valence-corrected chi connectivity index (χ0v) is 8.13. The van der Waals surface area contributed by atoms with E-state index in [2.05, 4.69) is 5.32 Å². The Morgan fingerprint density at radius 3 is 2.86 bits per heavy atom. The summed E-state index contributed by atoms with van der Waals surface area (Å²) < 4.78 is 0. The highest BCUT2D eigenvalue weighted by Gasteiger charge is 2.08. The van der Waals surface area contributed by atoms with Crippen LogP contribution in [0, 0.1) is 0 Å². The van der Waals surface area contributed by atoms with E-state index in [1.807, 2.05) is 0 Å². The fraction of sp³-hybridized carbons (Fsp3) is 0.250. The van der Waals surface area contributed by atoms with Crippen molar-refractivity contribution in [2.45, 2.75) is 13.0 Å². The van der Waals surface area contributed by atoms with Crippen LogP contribution in [0.5, 0.6) is 0 Å². The lowest BCUT2D eigenvalue weighted by Gasteiger charge is -2.01. The van der Waals surface area contributed by atoms with Crippen LogP contribution in [-0.4, -0.2) is 17.1 Å². The van der Waals surface area contributed by atoms with E-state index in [-0.39, 0.29) is 13.0 Å². The molecule has 0 aliphatic carbocycles. The van der Waals surface area contributed by atoms with Gasteiger partial charge in [-0.05, 0) is 17.0 Å². The second-order valence-electron chi connectivity index (χ2n) is 2.66. The van der Waals surface area contributed by atoms with Gasteiger partial charge in [0.25, 0.3) is 0 Å². The Labute approximate surface area is 84.5 Å². The second kappa shape index (κ2) is 4.61. The molecule has 4 N–H and O–H groups in total. The van der Waals surface area contributed by atoms with Crippen LogP contribution in [0.15, 0.2) is 11.4 Å². The van der Waals surface area contributed by atoms with Crippen molar-refractivity contribution in [3.8, 4) is 0 Å². The maximum atomic E-state index is 10.4. The highest BCUT2D eigenvalue weighted by atomic mass is 32.1. The van der Waals surface area contributed by atoms with Gasteiger partial charge < -0.3 is 16.2 Å². The van der Waals surface area contributed by atoms with E-state index in [9.17, 15) is 9.59 Å². The smallest absolute Gasteiger partial charge is 0.312 e. The number of carbonyl (C=O) groups is 2. The summed E-state index contributed by atoms with van der Waals surface area (Å²) in [6.45, 7) is 0.287. The molecule has 0 aliphatic rings. The summed E-state index contributed by atoms with van der Waals surface area (Å²) in [7, 11) is 0. The second-order valence-corrected chi connectivity index (χ2v) is 3.66. The van der Waals surface area contributed by atoms with E-state index in [0.29, 0.717) is 0 Å². The van der Waals surface area contributed by atoms with Crippen LogP contribution in [0.25, 0.3) is 0 Å². The molecule has 5 nitrogen and oxygen atoms in total. The third kappa shape index (κ3) is 3.06. The quantitative estimate of drug-likeness (QED) is 0.683. The highest BCUT2D eigenvalue weighted by Crippen LogP contribution is 2.16. The number of rotatable bonds is 4. The molecule has 0 saturated carbocycles. The molecular formula is C8H10N2O3S. The summed E-state index contributed by atoms with van der Waals surface area (Å²) in [5, 5.41) is 12.8. The predicted molar refractivity (Wildman–Crippen MR) is 52.1 cm³/mol. The lowest BCUT2D eigenvalue weighted by Crippen LogP contribution is -2.28. The van der Waals surface area contributed by atoms with Gasteiger partial charge in [0.1, 0.15) is 0 Å². The minimum absolute atomic E-state index is 0.0285.